The lowest BCUT2D eigenvalue weighted by molar-refractivity contribution is -0.385. The molecule has 0 aliphatic carbocycles. The molecular formula is C27H19F3N2O7. The van der Waals surface area contributed by atoms with E-state index in [1.54, 1.807) is 6.07 Å². The smallest absolute Gasteiger partial charge is 0.417 e. The number of nitro benzene ring substituents is 1. The number of nitrogens with zero attached hydrogens (tertiary/aromatic N) is 2. The number of rotatable bonds is 9. The lowest BCUT2D eigenvalue weighted by Gasteiger charge is -2.14. The number of pyridine rings is 1. The third-order valence-electron chi connectivity index (χ3n) is 5.09. The van der Waals surface area contributed by atoms with Gasteiger partial charge in [-0.1, -0.05) is 12.1 Å². The van der Waals surface area contributed by atoms with Crippen molar-refractivity contribution in [2.45, 2.75) is 19.2 Å². The van der Waals surface area contributed by atoms with E-state index in [2.05, 4.69) is 4.98 Å². The molecule has 0 saturated heterocycles. The van der Waals surface area contributed by atoms with E-state index in [0.717, 1.165) is 12.1 Å². The van der Waals surface area contributed by atoms with E-state index in [-0.39, 0.29) is 23.1 Å². The summed E-state index contributed by atoms with van der Waals surface area (Å²) in [7, 11) is 0. The normalized spacial score (nSPS) is 11.8. The Morgan fingerprint density at radius 1 is 0.846 bits per heavy atom. The van der Waals surface area contributed by atoms with Gasteiger partial charge in [0.2, 0.25) is 11.6 Å². The summed E-state index contributed by atoms with van der Waals surface area (Å²) in [5.74, 6) is 0.499. The van der Waals surface area contributed by atoms with Crippen LogP contribution in [-0.4, -0.2) is 22.0 Å². The van der Waals surface area contributed by atoms with Crippen LogP contribution < -0.4 is 18.9 Å². The number of benzene rings is 3. The van der Waals surface area contributed by atoms with Crippen molar-refractivity contribution in [3.63, 3.8) is 0 Å². The molecule has 12 heteroatoms. The standard InChI is InChI=1S/C27H19F3N2O7/c1-17(36-19-7-11-21(12-8-19)38-25-15-6-18(16-31-25)27(28,29)30)26(33)39-22-13-9-20(10-14-22)37-24-5-3-2-4-23(24)32(34)35/h2-17H,1H3. The van der Waals surface area contributed by atoms with E-state index in [0.29, 0.717) is 23.4 Å². The minimum atomic E-state index is -4.49. The highest BCUT2D eigenvalue weighted by molar-refractivity contribution is 5.77. The van der Waals surface area contributed by atoms with E-state index in [1.165, 1.54) is 73.7 Å². The van der Waals surface area contributed by atoms with Crippen LogP contribution in [0.5, 0.6) is 34.6 Å². The summed E-state index contributed by atoms with van der Waals surface area (Å²) >= 11 is 0. The summed E-state index contributed by atoms with van der Waals surface area (Å²) < 4.78 is 59.8. The van der Waals surface area contributed by atoms with Crippen molar-refractivity contribution in [2.75, 3.05) is 0 Å². The molecule has 3 aromatic carbocycles. The number of carbonyl (C=O) groups excluding carboxylic acids is 1. The highest BCUT2D eigenvalue weighted by Crippen LogP contribution is 2.32. The Balaban J connectivity index is 1.29. The maximum Gasteiger partial charge on any atom is 0.417 e. The van der Waals surface area contributed by atoms with Gasteiger partial charge in [-0.3, -0.25) is 10.1 Å². The van der Waals surface area contributed by atoms with Crippen molar-refractivity contribution >= 4 is 11.7 Å². The van der Waals surface area contributed by atoms with Crippen molar-refractivity contribution in [1.29, 1.82) is 0 Å². The zero-order valence-electron chi connectivity index (χ0n) is 20.1. The van der Waals surface area contributed by atoms with E-state index in [1.807, 2.05) is 0 Å². The van der Waals surface area contributed by atoms with Crippen LogP contribution in [0.3, 0.4) is 0 Å². The van der Waals surface area contributed by atoms with Gasteiger partial charge >= 0.3 is 17.8 Å². The van der Waals surface area contributed by atoms with E-state index < -0.39 is 28.7 Å². The van der Waals surface area contributed by atoms with E-state index >= 15 is 0 Å². The Hall–Kier alpha value is -5.13. The molecule has 1 heterocycles. The maximum atomic E-state index is 12.6. The number of alkyl halides is 3. The fraction of sp³-hybridized carbons (Fsp3) is 0.111. The Morgan fingerprint density at radius 3 is 2.03 bits per heavy atom. The molecule has 0 bridgehead atoms. The number of carbonyl (C=O) groups is 1. The predicted molar refractivity (Wildman–Crippen MR) is 131 cm³/mol. The Labute approximate surface area is 219 Å². The zero-order chi connectivity index (χ0) is 28.0. The van der Waals surface area contributed by atoms with Gasteiger partial charge in [0.1, 0.15) is 23.0 Å². The van der Waals surface area contributed by atoms with Crippen LogP contribution in [0.25, 0.3) is 0 Å². The lowest BCUT2D eigenvalue weighted by Crippen LogP contribution is -2.28. The molecule has 0 spiro atoms. The topological polar surface area (TPSA) is 110 Å². The van der Waals surface area contributed by atoms with Crippen LogP contribution in [0.1, 0.15) is 12.5 Å². The third kappa shape index (κ3) is 7.22. The molecule has 0 fully saturated rings. The number of ether oxygens (including phenoxy) is 4. The highest BCUT2D eigenvalue weighted by atomic mass is 19.4. The van der Waals surface area contributed by atoms with Crippen molar-refractivity contribution in [3.05, 3.63) is 107 Å². The summed E-state index contributed by atoms with van der Waals surface area (Å²) in [5.41, 5.74) is -1.07. The minimum Gasteiger partial charge on any atom is -0.479 e. The Bertz CT molecular complexity index is 1440. The van der Waals surface area contributed by atoms with Crippen LogP contribution in [0.2, 0.25) is 0 Å². The summed E-state index contributed by atoms with van der Waals surface area (Å²) in [5, 5.41) is 11.1. The lowest BCUT2D eigenvalue weighted by atomic mass is 10.3. The second-order valence-corrected chi connectivity index (χ2v) is 7.94. The van der Waals surface area contributed by atoms with Gasteiger partial charge in [-0.15, -0.1) is 0 Å². The summed E-state index contributed by atoms with van der Waals surface area (Å²) in [6.07, 6.45) is -4.81. The molecule has 0 radical (unpaired) electrons. The fourth-order valence-corrected chi connectivity index (χ4v) is 3.16. The first-order chi connectivity index (χ1) is 18.6. The van der Waals surface area contributed by atoms with Crippen molar-refractivity contribution in [3.8, 4) is 34.6 Å². The zero-order valence-corrected chi connectivity index (χ0v) is 20.1. The van der Waals surface area contributed by atoms with Crippen LogP contribution in [0.15, 0.2) is 91.1 Å². The van der Waals surface area contributed by atoms with Crippen LogP contribution in [-0.2, 0) is 11.0 Å². The molecule has 200 valence electrons. The summed E-state index contributed by atoms with van der Waals surface area (Å²) in [4.78, 5) is 26.7. The van der Waals surface area contributed by atoms with Crippen molar-refractivity contribution < 1.29 is 41.8 Å². The van der Waals surface area contributed by atoms with Gasteiger partial charge in [0, 0.05) is 18.3 Å². The molecule has 0 saturated carbocycles. The molecule has 1 aromatic heterocycles. The predicted octanol–water partition coefficient (Wildman–Crippen LogP) is 6.97. The van der Waals surface area contributed by atoms with Gasteiger partial charge in [0.15, 0.2) is 6.10 Å². The molecule has 1 unspecified atom stereocenters. The highest BCUT2D eigenvalue weighted by Gasteiger charge is 2.30. The Kier molecular flexibility index (Phi) is 7.94. The van der Waals surface area contributed by atoms with E-state index in [9.17, 15) is 28.1 Å². The molecule has 0 N–H and O–H groups in total. The first kappa shape index (κ1) is 26.9. The number of halogens is 3. The fourth-order valence-electron chi connectivity index (χ4n) is 3.16. The number of hydrogen-bond donors (Lipinski definition) is 0. The minimum absolute atomic E-state index is 0.0213. The van der Waals surface area contributed by atoms with Gasteiger partial charge in [-0.2, -0.15) is 13.2 Å². The average Bonchev–Trinajstić information content (AvgIpc) is 2.91. The number of nitro groups is 1. The van der Waals surface area contributed by atoms with Crippen LogP contribution in [0.4, 0.5) is 18.9 Å². The van der Waals surface area contributed by atoms with Gasteiger partial charge in [-0.25, -0.2) is 9.78 Å². The van der Waals surface area contributed by atoms with Gasteiger partial charge in [0.05, 0.1) is 10.5 Å². The van der Waals surface area contributed by atoms with Gasteiger partial charge in [-0.05, 0) is 67.6 Å². The second kappa shape index (κ2) is 11.5. The maximum absolute atomic E-state index is 12.6. The first-order valence-electron chi connectivity index (χ1n) is 11.3. The largest absolute Gasteiger partial charge is 0.479 e. The summed E-state index contributed by atoms with van der Waals surface area (Å²) in [6, 6.07) is 19.9. The molecule has 4 aromatic rings. The molecule has 9 nitrogen and oxygen atoms in total. The monoisotopic (exact) mass is 540 g/mol. The van der Waals surface area contributed by atoms with E-state index in [4.69, 9.17) is 18.9 Å². The quantitative estimate of drug-likeness (QED) is 0.0969. The molecule has 0 aliphatic rings. The number of para-hydroxylation sites is 2. The first-order valence-corrected chi connectivity index (χ1v) is 11.3. The molecule has 0 aliphatic heterocycles. The molecule has 1 atom stereocenters. The molecular weight excluding hydrogens is 521 g/mol. The van der Waals surface area contributed by atoms with Gasteiger partial charge in [0.25, 0.3) is 0 Å². The molecule has 4 rings (SSSR count). The van der Waals surface area contributed by atoms with Crippen LogP contribution >= 0.6 is 0 Å². The number of hydrogen-bond acceptors (Lipinski definition) is 8. The Morgan fingerprint density at radius 2 is 1.44 bits per heavy atom. The second-order valence-electron chi connectivity index (χ2n) is 7.94. The number of aromatic nitrogens is 1. The van der Waals surface area contributed by atoms with Crippen LogP contribution in [0, 0.1) is 10.1 Å². The number of esters is 1. The average molecular weight is 540 g/mol. The van der Waals surface area contributed by atoms with Crippen molar-refractivity contribution in [1.82, 2.24) is 4.98 Å². The SMILES string of the molecule is CC(Oc1ccc(Oc2ccc(C(F)(F)F)cn2)cc1)C(=O)Oc1ccc(Oc2ccccc2[N+](=O)[O-])cc1. The molecule has 39 heavy (non-hydrogen) atoms. The summed E-state index contributed by atoms with van der Waals surface area (Å²) in [6.45, 7) is 1.49. The van der Waals surface area contributed by atoms with Crippen molar-refractivity contribution in [2.24, 2.45) is 0 Å². The molecule has 0 amide bonds. The third-order valence-corrected chi connectivity index (χ3v) is 5.09. The van der Waals surface area contributed by atoms with Gasteiger partial charge < -0.3 is 18.9 Å².